The highest BCUT2D eigenvalue weighted by Gasteiger charge is 2.18. The molecule has 126 valence electrons. The Hall–Kier alpha value is -2.33. The topological polar surface area (TPSA) is 52.6 Å². The minimum absolute atomic E-state index is 0.0289. The molecule has 4 heteroatoms. The predicted molar refractivity (Wildman–Crippen MR) is 96.1 cm³/mol. The number of rotatable bonds is 6. The Morgan fingerprint density at radius 3 is 2.83 bits per heavy atom. The number of amides is 1. The van der Waals surface area contributed by atoms with E-state index in [-0.39, 0.29) is 12.5 Å². The normalized spacial score (nSPS) is 14.3. The van der Waals surface area contributed by atoms with Crippen LogP contribution >= 0.6 is 0 Å². The largest absolute Gasteiger partial charge is 0.387 e. The first-order valence-electron chi connectivity index (χ1n) is 8.46. The van der Waals surface area contributed by atoms with Gasteiger partial charge >= 0.3 is 0 Å². The highest BCUT2D eigenvalue weighted by molar-refractivity contribution is 5.76. The molecule has 0 aliphatic carbocycles. The van der Waals surface area contributed by atoms with Gasteiger partial charge in [-0.1, -0.05) is 42.5 Å². The summed E-state index contributed by atoms with van der Waals surface area (Å²) in [5, 5.41) is 13.2. The molecule has 4 nitrogen and oxygen atoms in total. The second kappa shape index (κ2) is 7.49. The number of hydrogen-bond acceptors (Lipinski definition) is 3. The molecule has 0 radical (unpaired) electrons. The van der Waals surface area contributed by atoms with Crippen LogP contribution in [0.4, 0.5) is 5.69 Å². The Kier molecular flexibility index (Phi) is 5.16. The zero-order valence-corrected chi connectivity index (χ0v) is 14.0. The molecule has 0 saturated carbocycles. The summed E-state index contributed by atoms with van der Waals surface area (Å²) in [6, 6.07) is 16.0. The zero-order chi connectivity index (χ0) is 16.9. The maximum absolute atomic E-state index is 12.0. The van der Waals surface area contributed by atoms with Gasteiger partial charge in [-0.15, -0.1) is 0 Å². The molecular weight excluding hydrogens is 300 g/mol. The summed E-state index contributed by atoms with van der Waals surface area (Å²) >= 11 is 0. The molecule has 3 rings (SSSR count). The average Bonchev–Trinajstić information content (AvgIpc) is 2.99. The molecule has 0 spiro atoms. The van der Waals surface area contributed by atoms with Crippen molar-refractivity contribution in [2.45, 2.75) is 25.4 Å². The highest BCUT2D eigenvalue weighted by atomic mass is 16.3. The molecule has 24 heavy (non-hydrogen) atoms. The van der Waals surface area contributed by atoms with E-state index in [0.29, 0.717) is 12.8 Å². The summed E-state index contributed by atoms with van der Waals surface area (Å²) in [5.74, 6) is -0.0289. The van der Waals surface area contributed by atoms with Crippen molar-refractivity contribution < 1.29 is 9.90 Å². The van der Waals surface area contributed by atoms with Gasteiger partial charge in [0.05, 0.1) is 6.10 Å². The first-order chi connectivity index (χ1) is 11.6. The lowest BCUT2D eigenvalue weighted by Gasteiger charge is -2.15. The number of nitrogens with one attached hydrogen (secondary N) is 1. The molecule has 1 aliphatic heterocycles. The quantitative estimate of drug-likeness (QED) is 0.858. The number of carbonyl (C=O) groups excluding carboxylic acids is 1. The number of aliphatic hydroxyl groups excluding tert-OH is 1. The second-order valence-corrected chi connectivity index (χ2v) is 6.37. The Balaban J connectivity index is 1.48. The van der Waals surface area contributed by atoms with E-state index < -0.39 is 6.10 Å². The molecule has 0 fully saturated rings. The average molecular weight is 324 g/mol. The molecular formula is C20H24N2O2. The smallest absolute Gasteiger partial charge is 0.220 e. The van der Waals surface area contributed by atoms with Crippen molar-refractivity contribution in [3.8, 4) is 0 Å². The van der Waals surface area contributed by atoms with Crippen molar-refractivity contribution in [3.63, 3.8) is 0 Å². The van der Waals surface area contributed by atoms with Gasteiger partial charge in [0.1, 0.15) is 0 Å². The number of benzene rings is 2. The summed E-state index contributed by atoms with van der Waals surface area (Å²) < 4.78 is 0. The van der Waals surface area contributed by atoms with E-state index in [2.05, 4.69) is 29.4 Å². The van der Waals surface area contributed by atoms with Crippen LogP contribution in [0, 0.1) is 0 Å². The van der Waals surface area contributed by atoms with Crippen molar-refractivity contribution in [2.24, 2.45) is 0 Å². The van der Waals surface area contributed by atoms with Crippen LogP contribution in [0.15, 0.2) is 48.5 Å². The lowest BCUT2D eigenvalue weighted by Crippen LogP contribution is -2.28. The van der Waals surface area contributed by atoms with Gasteiger partial charge in [0, 0.05) is 32.2 Å². The SMILES string of the molecule is CN1CCc2cc(C(O)CNC(=O)CCc3ccccc3)ccc21. The third kappa shape index (κ3) is 3.95. The summed E-state index contributed by atoms with van der Waals surface area (Å²) in [6.45, 7) is 1.27. The predicted octanol–water partition coefficient (Wildman–Crippen LogP) is 2.46. The lowest BCUT2D eigenvalue weighted by molar-refractivity contribution is -0.121. The van der Waals surface area contributed by atoms with E-state index in [0.717, 1.165) is 24.1 Å². The third-order valence-corrected chi connectivity index (χ3v) is 4.59. The van der Waals surface area contributed by atoms with Gasteiger partial charge in [-0.05, 0) is 35.6 Å². The van der Waals surface area contributed by atoms with Gasteiger partial charge in [0.2, 0.25) is 5.91 Å². The lowest BCUT2D eigenvalue weighted by atomic mass is 10.0. The van der Waals surface area contributed by atoms with Gasteiger partial charge < -0.3 is 15.3 Å². The third-order valence-electron chi connectivity index (χ3n) is 4.59. The minimum atomic E-state index is -0.665. The number of aryl methyl sites for hydroxylation is 1. The first kappa shape index (κ1) is 16.5. The van der Waals surface area contributed by atoms with Gasteiger partial charge in [-0.3, -0.25) is 4.79 Å². The van der Waals surface area contributed by atoms with Crippen molar-refractivity contribution in [3.05, 3.63) is 65.2 Å². The van der Waals surface area contributed by atoms with Crippen LogP contribution in [0.3, 0.4) is 0 Å². The van der Waals surface area contributed by atoms with Crippen molar-refractivity contribution in [1.29, 1.82) is 0 Å². The van der Waals surface area contributed by atoms with Gasteiger partial charge in [0.25, 0.3) is 0 Å². The van der Waals surface area contributed by atoms with Crippen molar-refractivity contribution in [1.82, 2.24) is 5.32 Å². The van der Waals surface area contributed by atoms with Crippen LogP contribution in [-0.2, 0) is 17.6 Å². The number of likely N-dealkylation sites (N-methyl/N-ethyl adjacent to an activating group) is 1. The Morgan fingerprint density at radius 2 is 2.04 bits per heavy atom. The molecule has 0 saturated heterocycles. The van der Waals surface area contributed by atoms with E-state index in [1.807, 2.05) is 36.4 Å². The molecule has 1 amide bonds. The van der Waals surface area contributed by atoms with E-state index in [9.17, 15) is 9.90 Å². The Morgan fingerprint density at radius 1 is 1.25 bits per heavy atom. The van der Waals surface area contributed by atoms with E-state index >= 15 is 0 Å². The zero-order valence-electron chi connectivity index (χ0n) is 14.0. The van der Waals surface area contributed by atoms with E-state index in [1.165, 1.54) is 11.3 Å². The Bertz CT molecular complexity index is 700. The summed E-state index contributed by atoms with van der Waals surface area (Å²) in [5.41, 5.74) is 4.52. The van der Waals surface area contributed by atoms with Crippen LogP contribution in [0.25, 0.3) is 0 Å². The van der Waals surface area contributed by atoms with Gasteiger partial charge in [-0.25, -0.2) is 0 Å². The standard InChI is InChI=1S/C20H24N2O2/c1-22-12-11-16-13-17(8-9-18(16)22)19(23)14-21-20(24)10-7-15-5-3-2-4-6-15/h2-6,8-9,13,19,23H,7,10-12,14H2,1H3,(H,21,24). The van der Waals surface area contributed by atoms with Gasteiger partial charge in [0.15, 0.2) is 0 Å². The molecule has 1 atom stereocenters. The fourth-order valence-electron chi connectivity index (χ4n) is 3.11. The van der Waals surface area contributed by atoms with Crippen molar-refractivity contribution in [2.75, 3.05) is 25.0 Å². The highest BCUT2D eigenvalue weighted by Crippen LogP contribution is 2.29. The summed E-state index contributed by atoms with van der Waals surface area (Å²) in [4.78, 5) is 14.2. The van der Waals surface area contributed by atoms with Crippen LogP contribution in [0.5, 0.6) is 0 Å². The second-order valence-electron chi connectivity index (χ2n) is 6.37. The van der Waals surface area contributed by atoms with Crippen LogP contribution in [0.2, 0.25) is 0 Å². The molecule has 0 aromatic heterocycles. The van der Waals surface area contributed by atoms with Crippen LogP contribution < -0.4 is 10.2 Å². The number of hydrogen-bond donors (Lipinski definition) is 2. The first-order valence-corrected chi connectivity index (χ1v) is 8.46. The number of aliphatic hydroxyl groups is 1. The fraction of sp³-hybridized carbons (Fsp3) is 0.350. The Labute approximate surface area is 143 Å². The maximum Gasteiger partial charge on any atom is 0.220 e. The minimum Gasteiger partial charge on any atom is -0.387 e. The molecule has 1 aliphatic rings. The molecule has 0 bridgehead atoms. The van der Waals surface area contributed by atoms with Crippen LogP contribution in [0.1, 0.15) is 29.2 Å². The van der Waals surface area contributed by atoms with Crippen LogP contribution in [-0.4, -0.2) is 31.2 Å². The summed E-state index contributed by atoms with van der Waals surface area (Å²) in [6.07, 6.45) is 1.50. The number of carbonyl (C=O) groups is 1. The van der Waals surface area contributed by atoms with Gasteiger partial charge in [-0.2, -0.15) is 0 Å². The number of anilines is 1. The maximum atomic E-state index is 12.0. The monoisotopic (exact) mass is 324 g/mol. The number of nitrogens with zero attached hydrogens (tertiary/aromatic N) is 1. The molecule has 1 heterocycles. The van der Waals surface area contributed by atoms with E-state index in [1.54, 1.807) is 0 Å². The summed E-state index contributed by atoms with van der Waals surface area (Å²) in [7, 11) is 2.08. The van der Waals surface area contributed by atoms with Crippen molar-refractivity contribution >= 4 is 11.6 Å². The van der Waals surface area contributed by atoms with E-state index in [4.69, 9.17) is 0 Å². The number of fused-ring (bicyclic) bond motifs is 1. The molecule has 2 N–H and O–H groups in total. The fourth-order valence-corrected chi connectivity index (χ4v) is 3.11. The molecule has 2 aromatic rings. The molecule has 1 unspecified atom stereocenters. The molecule has 2 aromatic carbocycles.